The second-order valence-electron chi connectivity index (χ2n) is 5.85. The van der Waals surface area contributed by atoms with Gasteiger partial charge in [-0.25, -0.2) is 4.79 Å². The van der Waals surface area contributed by atoms with Crippen molar-refractivity contribution in [1.82, 2.24) is 5.32 Å². The van der Waals surface area contributed by atoms with E-state index in [1.165, 1.54) is 0 Å². The third-order valence-corrected chi connectivity index (χ3v) is 4.09. The molecule has 0 aliphatic carbocycles. The number of nitrogens with one attached hydrogen (secondary N) is 1. The molecule has 0 saturated carbocycles. The first-order valence-electron chi connectivity index (χ1n) is 8.24. The molecule has 0 spiro atoms. The fraction of sp³-hybridized carbons (Fsp3) is 0.190. The summed E-state index contributed by atoms with van der Waals surface area (Å²) in [6.45, 7) is 2.43. The highest BCUT2D eigenvalue weighted by Gasteiger charge is 2.10. The molecule has 3 aromatic carbocycles. The summed E-state index contributed by atoms with van der Waals surface area (Å²) < 4.78 is 10.8. The van der Waals surface area contributed by atoms with Crippen LogP contribution in [0.15, 0.2) is 60.7 Å². The quantitative estimate of drug-likeness (QED) is 0.747. The molecule has 128 valence electrons. The van der Waals surface area contributed by atoms with Crippen LogP contribution in [0.25, 0.3) is 10.8 Å². The highest BCUT2D eigenvalue weighted by Crippen LogP contribution is 2.29. The van der Waals surface area contributed by atoms with Gasteiger partial charge in [-0.1, -0.05) is 48.5 Å². The fourth-order valence-electron chi connectivity index (χ4n) is 2.75. The molecule has 0 aliphatic rings. The van der Waals surface area contributed by atoms with Crippen molar-refractivity contribution in [1.29, 1.82) is 0 Å². The molecule has 4 heteroatoms. The van der Waals surface area contributed by atoms with E-state index in [1.807, 2.05) is 67.6 Å². The molecule has 1 N–H and O–H groups in total. The molecule has 0 aromatic heterocycles. The van der Waals surface area contributed by atoms with Gasteiger partial charge in [0.2, 0.25) is 0 Å². The SMILES string of the molecule is COc1cccc(CCNC(=O)Oc2c(C)ccc3ccccc23)c1. The van der Waals surface area contributed by atoms with E-state index in [2.05, 4.69) is 5.32 Å². The van der Waals surface area contributed by atoms with E-state index in [1.54, 1.807) is 7.11 Å². The van der Waals surface area contributed by atoms with Crippen LogP contribution in [0.2, 0.25) is 0 Å². The lowest BCUT2D eigenvalue weighted by atomic mass is 10.1. The summed E-state index contributed by atoms with van der Waals surface area (Å²) >= 11 is 0. The van der Waals surface area contributed by atoms with Crippen molar-refractivity contribution >= 4 is 16.9 Å². The molecular formula is C21H21NO3. The lowest BCUT2D eigenvalue weighted by Crippen LogP contribution is -2.29. The normalized spacial score (nSPS) is 10.5. The standard InChI is InChI=1S/C21H21NO3/c1-15-10-11-17-7-3-4-9-19(17)20(15)25-21(23)22-13-12-16-6-5-8-18(14-16)24-2/h3-11,14H,12-13H2,1-2H3,(H,22,23). The van der Waals surface area contributed by atoms with Crippen LogP contribution < -0.4 is 14.8 Å². The molecule has 3 aromatic rings. The van der Waals surface area contributed by atoms with Gasteiger partial charge in [0.25, 0.3) is 0 Å². The third kappa shape index (κ3) is 4.10. The second kappa shape index (κ2) is 7.71. The van der Waals surface area contributed by atoms with Crippen LogP contribution in [0, 0.1) is 6.92 Å². The highest BCUT2D eigenvalue weighted by molar-refractivity contribution is 5.91. The van der Waals surface area contributed by atoms with E-state index >= 15 is 0 Å². The molecule has 0 unspecified atom stereocenters. The number of benzene rings is 3. The fourth-order valence-corrected chi connectivity index (χ4v) is 2.75. The Morgan fingerprint density at radius 1 is 1.04 bits per heavy atom. The van der Waals surface area contributed by atoms with Crippen molar-refractivity contribution in [2.75, 3.05) is 13.7 Å². The number of hydrogen-bond donors (Lipinski definition) is 1. The number of ether oxygens (including phenoxy) is 2. The van der Waals surface area contributed by atoms with Gasteiger partial charge in [0.1, 0.15) is 11.5 Å². The average molecular weight is 335 g/mol. The van der Waals surface area contributed by atoms with Gasteiger partial charge in [0.15, 0.2) is 0 Å². The Hall–Kier alpha value is -3.01. The Kier molecular flexibility index (Phi) is 5.19. The second-order valence-corrected chi connectivity index (χ2v) is 5.85. The zero-order chi connectivity index (χ0) is 17.6. The van der Waals surface area contributed by atoms with Gasteiger partial charge in [-0.2, -0.15) is 0 Å². The zero-order valence-corrected chi connectivity index (χ0v) is 14.4. The number of amides is 1. The van der Waals surface area contributed by atoms with Crippen LogP contribution >= 0.6 is 0 Å². The molecule has 0 aliphatic heterocycles. The van der Waals surface area contributed by atoms with E-state index in [4.69, 9.17) is 9.47 Å². The van der Waals surface area contributed by atoms with E-state index in [0.29, 0.717) is 18.7 Å². The molecule has 0 bridgehead atoms. The number of hydrogen-bond acceptors (Lipinski definition) is 3. The maximum absolute atomic E-state index is 12.2. The minimum absolute atomic E-state index is 0.442. The molecule has 4 nitrogen and oxygen atoms in total. The minimum Gasteiger partial charge on any atom is -0.497 e. The Morgan fingerprint density at radius 3 is 2.72 bits per heavy atom. The van der Waals surface area contributed by atoms with Crippen LogP contribution in [0.4, 0.5) is 4.79 Å². The summed E-state index contributed by atoms with van der Waals surface area (Å²) in [6.07, 6.45) is 0.267. The molecular weight excluding hydrogens is 314 g/mol. The lowest BCUT2D eigenvalue weighted by Gasteiger charge is -2.12. The number of methoxy groups -OCH3 is 1. The molecule has 1 amide bonds. The maximum atomic E-state index is 12.2. The highest BCUT2D eigenvalue weighted by atomic mass is 16.6. The van der Waals surface area contributed by atoms with Gasteiger partial charge >= 0.3 is 6.09 Å². The van der Waals surface area contributed by atoms with Gasteiger partial charge in [-0.05, 0) is 42.0 Å². The van der Waals surface area contributed by atoms with Crippen LogP contribution in [-0.2, 0) is 6.42 Å². The van der Waals surface area contributed by atoms with E-state index in [0.717, 1.165) is 27.6 Å². The smallest absolute Gasteiger partial charge is 0.412 e. The Morgan fingerprint density at radius 2 is 1.88 bits per heavy atom. The number of rotatable bonds is 5. The lowest BCUT2D eigenvalue weighted by molar-refractivity contribution is 0.201. The number of fused-ring (bicyclic) bond motifs is 1. The first-order chi connectivity index (χ1) is 12.2. The Balaban J connectivity index is 1.62. The van der Waals surface area contributed by atoms with Gasteiger partial charge in [-0.3, -0.25) is 0 Å². The topological polar surface area (TPSA) is 47.6 Å². The Labute approximate surface area is 147 Å². The largest absolute Gasteiger partial charge is 0.497 e. The number of carbonyl (C=O) groups is 1. The van der Waals surface area contributed by atoms with Crippen molar-refractivity contribution in [3.8, 4) is 11.5 Å². The molecule has 0 heterocycles. The third-order valence-electron chi connectivity index (χ3n) is 4.09. The first-order valence-corrected chi connectivity index (χ1v) is 8.24. The molecule has 0 saturated heterocycles. The first kappa shape index (κ1) is 16.8. The molecule has 0 fully saturated rings. The summed E-state index contributed by atoms with van der Waals surface area (Å²) in [5, 5.41) is 4.79. The van der Waals surface area contributed by atoms with E-state index in [9.17, 15) is 4.79 Å². The zero-order valence-electron chi connectivity index (χ0n) is 14.4. The summed E-state index contributed by atoms with van der Waals surface area (Å²) in [5.74, 6) is 1.42. The monoisotopic (exact) mass is 335 g/mol. The number of aryl methyl sites for hydroxylation is 1. The Bertz CT molecular complexity index is 889. The van der Waals surface area contributed by atoms with Crippen molar-refractivity contribution in [2.45, 2.75) is 13.3 Å². The van der Waals surface area contributed by atoms with Crippen LogP contribution in [-0.4, -0.2) is 19.7 Å². The van der Waals surface area contributed by atoms with Crippen LogP contribution in [0.3, 0.4) is 0 Å². The van der Waals surface area contributed by atoms with Crippen LogP contribution in [0.1, 0.15) is 11.1 Å². The maximum Gasteiger partial charge on any atom is 0.412 e. The van der Waals surface area contributed by atoms with E-state index < -0.39 is 6.09 Å². The van der Waals surface area contributed by atoms with Gasteiger partial charge in [0, 0.05) is 11.9 Å². The minimum atomic E-state index is -0.442. The summed E-state index contributed by atoms with van der Waals surface area (Å²) in [5.41, 5.74) is 2.03. The summed E-state index contributed by atoms with van der Waals surface area (Å²) in [4.78, 5) is 12.2. The van der Waals surface area contributed by atoms with Gasteiger partial charge in [-0.15, -0.1) is 0 Å². The van der Waals surface area contributed by atoms with Gasteiger partial charge in [0.05, 0.1) is 7.11 Å². The van der Waals surface area contributed by atoms with Crippen molar-refractivity contribution < 1.29 is 14.3 Å². The van der Waals surface area contributed by atoms with E-state index in [-0.39, 0.29) is 0 Å². The van der Waals surface area contributed by atoms with Gasteiger partial charge < -0.3 is 14.8 Å². The number of carbonyl (C=O) groups excluding carboxylic acids is 1. The molecule has 25 heavy (non-hydrogen) atoms. The molecule has 0 radical (unpaired) electrons. The molecule has 0 atom stereocenters. The summed E-state index contributed by atoms with van der Waals surface area (Å²) in [7, 11) is 1.64. The van der Waals surface area contributed by atoms with Crippen molar-refractivity contribution in [3.05, 3.63) is 71.8 Å². The predicted molar refractivity (Wildman–Crippen MR) is 99.4 cm³/mol. The summed E-state index contributed by atoms with van der Waals surface area (Å²) in [6, 6.07) is 19.7. The van der Waals surface area contributed by atoms with Crippen molar-refractivity contribution in [3.63, 3.8) is 0 Å². The average Bonchev–Trinajstić information content (AvgIpc) is 2.64. The molecule has 3 rings (SSSR count). The van der Waals surface area contributed by atoms with Crippen molar-refractivity contribution in [2.24, 2.45) is 0 Å². The predicted octanol–water partition coefficient (Wildman–Crippen LogP) is 4.49. The van der Waals surface area contributed by atoms with Crippen LogP contribution in [0.5, 0.6) is 11.5 Å².